The Labute approximate surface area is 104 Å². The van der Waals surface area contributed by atoms with Gasteiger partial charge in [0.05, 0.1) is 10.5 Å². The van der Waals surface area contributed by atoms with Crippen LogP contribution in [0.3, 0.4) is 0 Å². The average molecular weight is 275 g/mol. The molecule has 0 aliphatic carbocycles. The first-order valence-electron chi connectivity index (χ1n) is 4.79. The summed E-state index contributed by atoms with van der Waals surface area (Å²) in [6, 6.07) is 5.27. The van der Waals surface area contributed by atoms with E-state index in [1.165, 1.54) is 30.0 Å². The van der Waals surface area contributed by atoms with Crippen LogP contribution in [0.1, 0.15) is 10.4 Å². The molecule has 1 rings (SSSR count). The van der Waals surface area contributed by atoms with Gasteiger partial charge in [0.25, 0.3) is 0 Å². The fourth-order valence-electron chi connectivity index (χ4n) is 1.16. The van der Waals surface area contributed by atoms with Gasteiger partial charge in [-0.05, 0) is 24.5 Å². The van der Waals surface area contributed by atoms with Crippen LogP contribution in [-0.4, -0.2) is 38.0 Å². The Bertz CT molecular complexity index is 499. The van der Waals surface area contributed by atoms with E-state index < -0.39 is 16.0 Å². The van der Waals surface area contributed by atoms with E-state index in [1.807, 2.05) is 6.26 Å². The maximum atomic E-state index is 11.8. The Morgan fingerprint density at radius 2 is 2.18 bits per heavy atom. The minimum Gasteiger partial charge on any atom is -0.478 e. The molecule has 0 spiro atoms. The molecule has 1 aromatic carbocycles. The second kappa shape index (κ2) is 6.04. The van der Waals surface area contributed by atoms with Gasteiger partial charge in [0.15, 0.2) is 0 Å². The maximum absolute atomic E-state index is 11.8. The van der Waals surface area contributed by atoms with E-state index in [9.17, 15) is 13.2 Å². The molecule has 94 valence electrons. The van der Waals surface area contributed by atoms with Gasteiger partial charge in [-0.3, -0.25) is 0 Å². The minimum absolute atomic E-state index is 0.0292. The molecule has 0 heterocycles. The molecule has 0 unspecified atom stereocenters. The van der Waals surface area contributed by atoms with Crippen molar-refractivity contribution in [1.82, 2.24) is 4.72 Å². The second-order valence-electron chi connectivity index (χ2n) is 3.22. The van der Waals surface area contributed by atoms with E-state index >= 15 is 0 Å². The van der Waals surface area contributed by atoms with Crippen molar-refractivity contribution < 1.29 is 18.3 Å². The van der Waals surface area contributed by atoms with Crippen molar-refractivity contribution in [2.45, 2.75) is 4.90 Å². The van der Waals surface area contributed by atoms with E-state index in [-0.39, 0.29) is 10.5 Å². The fourth-order valence-corrected chi connectivity index (χ4v) is 2.67. The van der Waals surface area contributed by atoms with Gasteiger partial charge in [0.2, 0.25) is 10.0 Å². The van der Waals surface area contributed by atoms with Crippen LogP contribution in [0.5, 0.6) is 0 Å². The molecule has 0 bridgehead atoms. The largest absolute Gasteiger partial charge is 0.478 e. The van der Waals surface area contributed by atoms with Crippen molar-refractivity contribution in [1.29, 1.82) is 0 Å². The van der Waals surface area contributed by atoms with Crippen molar-refractivity contribution in [2.24, 2.45) is 0 Å². The van der Waals surface area contributed by atoms with Crippen molar-refractivity contribution in [3.63, 3.8) is 0 Å². The lowest BCUT2D eigenvalue weighted by molar-refractivity contribution is 0.0696. The van der Waals surface area contributed by atoms with Crippen LogP contribution in [0.25, 0.3) is 0 Å². The van der Waals surface area contributed by atoms with E-state index in [2.05, 4.69) is 4.72 Å². The van der Waals surface area contributed by atoms with Crippen LogP contribution in [0, 0.1) is 0 Å². The summed E-state index contributed by atoms with van der Waals surface area (Å²) in [5.74, 6) is -0.483. The SMILES string of the molecule is CSCCNS(=O)(=O)c1cccc(C(=O)O)c1. The molecule has 0 fully saturated rings. The van der Waals surface area contributed by atoms with Gasteiger partial charge in [-0.15, -0.1) is 0 Å². The highest BCUT2D eigenvalue weighted by Crippen LogP contribution is 2.11. The zero-order chi connectivity index (χ0) is 12.9. The molecule has 7 heteroatoms. The lowest BCUT2D eigenvalue weighted by atomic mass is 10.2. The maximum Gasteiger partial charge on any atom is 0.335 e. The topological polar surface area (TPSA) is 83.5 Å². The number of sulfonamides is 1. The van der Waals surface area contributed by atoms with Crippen molar-refractivity contribution in [3.8, 4) is 0 Å². The van der Waals surface area contributed by atoms with E-state index in [1.54, 1.807) is 0 Å². The summed E-state index contributed by atoms with van der Waals surface area (Å²) in [4.78, 5) is 10.7. The minimum atomic E-state index is -3.62. The number of hydrogen-bond acceptors (Lipinski definition) is 4. The van der Waals surface area contributed by atoms with E-state index in [0.29, 0.717) is 12.3 Å². The summed E-state index contributed by atoms with van der Waals surface area (Å²) in [7, 11) is -3.62. The summed E-state index contributed by atoms with van der Waals surface area (Å²) in [5.41, 5.74) is -0.0438. The average Bonchev–Trinajstić information content (AvgIpc) is 2.29. The Morgan fingerprint density at radius 3 is 2.76 bits per heavy atom. The van der Waals surface area contributed by atoms with E-state index in [0.717, 1.165) is 6.07 Å². The van der Waals surface area contributed by atoms with Crippen LogP contribution < -0.4 is 4.72 Å². The predicted molar refractivity (Wildman–Crippen MR) is 67.0 cm³/mol. The summed E-state index contributed by atoms with van der Waals surface area (Å²) in [6.07, 6.45) is 1.87. The molecular weight excluding hydrogens is 262 g/mol. The van der Waals surface area contributed by atoms with Crippen LogP contribution >= 0.6 is 11.8 Å². The highest BCUT2D eigenvalue weighted by Gasteiger charge is 2.15. The van der Waals surface area contributed by atoms with Crippen LogP contribution in [0.15, 0.2) is 29.2 Å². The molecule has 0 aliphatic heterocycles. The third-order valence-electron chi connectivity index (χ3n) is 1.99. The lowest BCUT2D eigenvalue weighted by Crippen LogP contribution is -2.26. The molecule has 5 nitrogen and oxygen atoms in total. The van der Waals surface area contributed by atoms with Gasteiger partial charge in [0.1, 0.15) is 0 Å². The van der Waals surface area contributed by atoms with Gasteiger partial charge in [0, 0.05) is 12.3 Å². The van der Waals surface area contributed by atoms with Crippen molar-refractivity contribution >= 4 is 27.8 Å². The summed E-state index contributed by atoms with van der Waals surface area (Å²) >= 11 is 1.52. The number of nitrogens with one attached hydrogen (secondary N) is 1. The van der Waals surface area contributed by atoms with Gasteiger partial charge >= 0.3 is 5.97 Å². The van der Waals surface area contributed by atoms with Gasteiger partial charge in [-0.25, -0.2) is 17.9 Å². The molecule has 17 heavy (non-hydrogen) atoms. The van der Waals surface area contributed by atoms with Crippen molar-refractivity contribution in [2.75, 3.05) is 18.6 Å². The lowest BCUT2D eigenvalue weighted by Gasteiger charge is -2.06. The van der Waals surface area contributed by atoms with Crippen LogP contribution in [-0.2, 0) is 10.0 Å². The molecule has 0 aromatic heterocycles. The first-order valence-corrected chi connectivity index (χ1v) is 7.67. The smallest absolute Gasteiger partial charge is 0.335 e. The number of carboxylic acids is 1. The zero-order valence-electron chi connectivity index (χ0n) is 9.21. The zero-order valence-corrected chi connectivity index (χ0v) is 10.8. The Kier molecular flexibility index (Phi) is 4.98. The Hall–Kier alpha value is -1.05. The quantitative estimate of drug-likeness (QED) is 0.757. The normalized spacial score (nSPS) is 11.4. The van der Waals surface area contributed by atoms with Crippen molar-refractivity contribution in [3.05, 3.63) is 29.8 Å². The number of carboxylic acid groups (broad SMARTS) is 1. The highest BCUT2D eigenvalue weighted by molar-refractivity contribution is 7.98. The molecule has 0 saturated carbocycles. The van der Waals surface area contributed by atoms with Crippen LogP contribution in [0.2, 0.25) is 0 Å². The number of thioether (sulfide) groups is 1. The summed E-state index contributed by atoms with van der Waals surface area (Å²) in [6.45, 7) is 0.320. The first kappa shape index (κ1) is 14.0. The number of benzene rings is 1. The van der Waals surface area contributed by atoms with Gasteiger partial charge in [-0.2, -0.15) is 11.8 Å². The Morgan fingerprint density at radius 1 is 1.47 bits per heavy atom. The fraction of sp³-hybridized carbons (Fsp3) is 0.300. The number of carbonyl (C=O) groups is 1. The van der Waals surface area contributed by atoms with Gasteiger partial charge < -0.3 is 5.11 Å². The van der Waals surface area contributed by atoms with Gasteiger partial charge in [-0.1, -0.05) is 6.07 Å². The molecule has 1 aromatic rings. The molecule has 0 radical (unpaired) electrons. The standard InChI is InChI=1S/C10H13NO4S2/c1-16-6-5-11-17(14,15)9-4-2-3-8(7-9)10(12)13/h2-4,7,11H,5-6H2,1H3,(H,12,13). The highest BCUT2D eigenvalue weighted by atomic mass is 32.2. The third kappa shape index (κ3) is 4.03. The molecule has 0 saturated heterocycles. The van der Waals surface area contributed by atoms with Crippen LogP contribution in [0.4, 0.5) is 0 Å². The molecule has 0 aliphatic rings. The number of rotatable bonds is 6. The first-order chi connectivity index (χ1) is 7.97. The predicted octanol–water partition coefficient (Wildman–Crippen LogP) is 1.03. The summed E-state index contributed by atoms with van der Waals surface area (Å²) in [5, 5.41) is 8.77. The number of aromatic carboxylic acids is 1. The van der Waals surface area contributed by atoms with E-state index in [4.69, 9.17) is 5.11 Å². The molecule has 2 N–H and O–H groups in total. The third-order valence-corrected chi connectivity index (χ3v) is 4.06. The molecule has 0 amide bonds. The summed E-state index contributed by atoms with van der Waals surface area (Å²) < 4.78 is 25.9. The molecular formula is C10H13NO4S2. The molecule has 0 atom stereocenters. The second-order valence-corrected chi connectivity index (χ2v) is 5.98. The monoisotopic (exact) mass is 275 g/mol. The number of hydrogen-bond donors (Lipinski definition) is 2. The Balaban J connectivity index is 2.91.